The molecule has 1 aromatic carbocycles. The van der Waals surface area contributed by atoms with Gasteiger partial charge >= 0.3 is 17.9 Å². The van der Waals surface area contributed by atoms with Crippen molar-refractivity contribution in [2.24, 2.45) is 11.8 Å². The van der Waals surface area contributed by atoms with Crippen LogP contribution in [-0.2, 0) is 9.53 Å². The molecule has 2 saturated carbocycles. The molecule has 3 rings (SSSR count). The molecule has 0 spiro atoms. The highest BCUT2D eigenvalue weighted by Crippen LogP contribution is 2.39. The van der Waals surface area contributed by atoms with E-state index in [4.69, 9.17) is 14.6 Å². The van der Waals surface area contributed by atoms with Crippen LogP contribution in [0, 0.1) is 11.8 Å². The number of rotatable bonds is 8. The molecule has 1 unspecified atom stereocenters. The van der Waals surface area contributed by atoms with Gasteiger partial charge in [-0.2, -0.15) is 8.78 Å². The number of carbonyl (C=O) groups excluding carboxylic acids is 1. The number of halogens is 2. The lowest BCUT2D eigenvalue weighted by Crippen LogP contribution is -2.48. The molecule has 7 heteroatoms. The Morgan fingerprint density at radius 3 is 2.09 bits per heavy atom. The predicted molar refractivity (Wildman–Crippen MR) is 116 cm³/mol. The van der Waals surface area contributed by atoms with E-state index in [2.05, 4.69) is 13.8 Å². The number of hydrogen-bond donors (Lipinski definition) is 1. The minimum atomic E-state index is -4.13. The first-order valence-corrected chi connectivity index (χ1v) is 11.8. The molecule has 1 N–H and O–H groups in total. The SMILES string of the molecule is CC(C)C1(Oc2ccc(C(=O)OC(C3CCCCC3)C(F)(F)C(=O)O)cc2)CCCCC1. The van der Waals surface area contributed by atoms with Gasteiger partial charge in [-0.05, 0) is 68.7 Å². The van der Waals surface area contributed by atoms with Gasteiger partial charge in [0.15, 0.2) is 6.10 Å². The minimum Gasteiger partial charge on any atom is -0.487 e. The lowest BCUT2D eigenvalue weighted by atomic mass is 9.77. The number of alkyl halides is 2. The van der Waals surface area contributed by atoms with Gasteiger partial charge in [0.2, 0.25) is 0 Å². The summed E-state index contributed by atoms with van der Waals surface area (Å²) in [5, 5.41) is 9.03. The summed E-state index contributed by atoms with van der Waals surface area (Å²) in [5.41, 5.74) is -0.141. The first-order chi connectivity index (χ1) is 15.2. The van der Waals surface area contributed by atoms with E-state index in [1.165, 1.54) is 18.6 Å². The van der Waals surface area contributed by atoms with Crippen molar-refractivity contribution in [3.8, 4) is 5.75 Å². The summed E-state index contributed by atoms with van der Waals surface area (Å²) >= 11 is 0. The summed E-state index contributed by atoms with van der Waals surface area (Å²) in [6.07, 6.45) is 6.59. The third kappa shape index (κ3) is 5.41. The number of esters is 1. The molecule has 1 aromatic rings. The highest BCUT2D eigenvalue weighted by atomic mass is 19.3. The highest BCUT2D eigenvalue weighted by molar-refractivity contribution is 5.90. The van der Waals surface area contributed by atoms with Crippen LogP contribution in [0.25, 0.3) is 0 Å². The fraction of sp³-hybridized carbons (Fsp3) is 0.680. The van der Waals surface area contributed by atoms with E-state index in [1.54, 1.807) is 12.1 Å². The van der Waals surface area contributed by atoms with Crippen LogP contribution in [0.15, 0.2) is 24.3 Å². The Morgan fingerprint density at radius 1 is 1.00 bits per heavy atom. The smallest absolute Gasteiger partial charge is 0.378 e. The third-order valence-corrected chi connectivity index (χ3v) is 7.12. The van der Waals surface area contributed by atoms with Crippen LogP contribution in [0.4, 0.5) is 8.78 Å². The molecule has 2 aliphatic carbocycles. The van der Waals surface area contributed by atoms with Crippen molar-refractivity contribution >= 4 is 11.9 Å². The van der Waals surface area contributed by atoms with Crippen molar-refractivity contribution < 1.29 is 33.0 Å². The average molecular weight is 453 g/mol. The fourth-order valence-corrected chi connectivity index (χ4v) is 5.05. The van der Waals surface area contributed by atoms with E-state index < -0.39 is 29.9 Å². The molecule has 0 bridgehead atoms. The summed E-state index contributed by atoms with van der Waals surface area (Å²) in [6, 6.07) is 6.29. The Balaban J connectivity index is 1.72. The van der Waals surface area contributed by atoms with Crippen LogP contribution in [0.1, 0.15) is 88.4 Å². The summed E-state index contributed by atoms with van der Waals surface area (Å²) in [7, 11) is 0. The topological polar surface area (TPSA) is 72.8 Å². The Kier molecular flexibility index (Phi) is 7.78. The van der Waals surface area contributed by atoms with Gasteiger partial charge in [0.25, 0.3) is 0 Å². The molecule has 32 heavy (non-hydrogen) atoms. The van der Waals surface area contributed by atoms with Crippen molar-refractivity contribution in [2.75, 3.05) is 0 Å². The van der Waals surface area contributed by atoms with Crippen LogP contribution < -0.4 is 4.74 Å². The average Bonchev–Trinajstić information content (AvgIpc) is 2.78. The van der Waals surface area contributed by atoms with E-state index in [0.29, 0.717) is 24.5 Å². The zero-order valence-corrected chi connectivity index (χ0v) is 18.9. The number of aliphatic carboxylic acids is 1. The molecular weight excluding hydrogens is 418 g/mol. The van der Waals surface area contributed by atoms with Crippen molar-refractivity contribution in [3.63, 3.8) is 0 Å². The molecule has 0 heterocycles. The standard InChI is InChI=1S/C25H34F2O5/c1-17(2)24(15-7-4-8-16-24)32-20-13-11-19(12-14-20)22(28)31-21(25(26,27)23(29)30)18-9-5-3-6-10-18/h11-14,17-18,21H,3-10,15-16H2,1-2H3,(H,29,30). The summed E-state index contributed by atoms with van der Waals surface area (Å²) < 4.78 is 40.3. The van der Waals surface area contributed by atoms with Gasteiger partial charge < -0.3 is 14.6 Å². The number of carbonyl (C=O) groups is 2. The monoisotopic (exact) mass is 452 g/mol. The third-order valence-electron chi connectivity index (χ3n) is 7.12. The van der Waals surface area contributed by atoms with Gasteiger partial charge in [0, 0.05) is 5.92 Å². The Morgan fingerprint density at radius 2 is 1.56 bits per heavy atom. The van der Waals surface area contributed by atoms with Crippen LogP contribution in [0.3, 0.4) is 0 Å². The first kappa shape index (κ1) is 24.5. The Labute approximate surface area is 188 Å². The van der Waals surface area contributed by atoms with Crippen LogP contribution >= 0.6 is 0 Å². The predicted octanol–water partition coefficient (Wildman–Crippen LogP) is 6.25. The molecule has 0 aliphatic heterocycles. The Hall–Kier alpha value is -2.18. The Bertz CT molecular complexity index is 778. The lowest BCUT2D eigenvalue weighted by Gasteiger charge is -2.41. The number of ether oxygens (including phenoxy) is 2. The van der Waals surface area contributed by atoms with Gasteiger partial charge in [-0.3, -0.25) is 0 Å². The number of carboxylic acids is 1. The van der Waals surface area contributed by atoms with E-state index in [9.17, 15) is 18.4 Å². The second kappa shape index (κ2) is 10.2. The minimum absolute atomic E-state index is 0.0987. The second-order valence-electron chi connectivity index (χ2n) is 9.56. The largest absolute Gasteiger partial charge is 0.487 e. The number of benzene rings is 1. The van der Waals surface area contributed by atoms with Gasteiger partial charge in [-0.15, -0.1) is 0 Å². The zero-order chi connectivity index (χ0) is 23.4. The molecule has 0 radical (unpaired) electrons. The van der Waals surface area contributed by atoms with Crippen molar-refractivity contribution in [1.82, 2.24) is 0 Å². The molecule has 0 amide bonds. The molecule has 5 nitrogen and oxygen atoms in total. The maximum Gasteiger partial charge on any atom is 0.378 e. The number of carboxylic acid groups (broad SMARTS) is 1. The van der Waals surface area contributed by atoms with E-state index >= 15 is 0 Å². The van der Waals surface area contributed by atoms with Gasteiger partial charge in [-0.1, -0.05) is 39.5 Å². The number of hydrogen-bond acceptors (Lipinski definition) is 4. The van der Waals surface area contributed by atoms with Gasteiger partial charge in [0.05, 0.1) is 5.56 Å². The quantitative estimate of drug-likeness (QED) is 0.472. The molecule has 2 aliphatic rings. The maximum absolute atomic E-state index is 14.4. The molecule has 0 aromatic heterocycles. The van der Waals surface area contributed by atoms with E-state index in [0.717, 1.165) is 44.9 Å². The van der Waals surface area contributed by atoms with Crippen molar-refractivity contribution in [2.45, 2.75) is 95.7 Å². The molecule has 2 fully saturated rings. The first-order valence-electron chi connectivity index (χ1n) is 11.8. The maximum atomic E-state index is 14.4. The molecule has 178 valence electrons. The lowest BCUT2D eigenvalue weighted by molar-refractivity contribution is -0.189. The van der Waals surface area contributed by atoms with E-state index in [-0.39, 0.29) is 11.2 Å². The van der Waals surface area contributed by atoms with Crippen LogP contribution in [-0.4, -0.2) is 34.7 Å². The van der Waals surface area contributed by atoms with Gasteiger partial charge in [0.1, 0.15) is 11.4 Å². The van der Waals surface area contributed by atoms with E-state index in [1.807, 2.05) is 0 Å². The summed E-state index contributed by atoms with van der Waals surface area (Å²) in [5.74, 6) is -7.05. The molecular formula is C25H34F2O5. The summed E-state index contributed by atoms with van der Waals surface area (Å²) in [4.78, 5) is 23.8. The van der Waals surface area contributed by atoms with Crippen molar-refractivity contribution in [3.05, 3.63) is 29.8 Å². The normalized spacial score (nSPS) is 20.5. The summed E-state index contributed by atoms with van der Waals surface area (Å²) in [6.45, 7) is 4.29. The fourth-order valence-electron chi connectivity index (χ4n) is 5.05. The van der Waals surface area contributed by atoms with Crippen molar-refractivity contribution in [1.29, 1.82) is 0 Å². The van der Waals surface area contributed by atoms with Crippen LogP contribution in [0.2, 0.25) is 0 Å². The van der Waals surface area contributed by atoms with Gasteiger partial charge in [-0.25, -0.2) is 9.59 Å². The molecule has 0 saturated heterocycles. The highest BCUT2D eigenvalue weighted by Gasteiger charge is 2.53. The van der Waals surface area contributed by atoms with Crippen LogP contribution in [0.5, 0.6) is 5.75 Å². The zero-order valence-electron chi connectivity index (χ0n) is 18.9. The molecule has 1 atom stereocenters. The second-order valence-corrected chi connectivity index (χ2v) is 9.56.